The predicted molar refractivity (Wildman–Crippen MR) is 115 cm³/mol. The van der Waals surface area contributed by atoms with Crippen LogP contribution >= 0.6 is 0 Å². The van der Waals surface area contributed by atoms with E-state index in [4.69, 9.17) is 0 Å². The monoisotopic (exact) mass is 391 g/mol. The zero-order chi connectivity index (χ0) is 20.3. The van der Waals surface area contributed by atoms with Crippen LogP contribution in [0.25, 0.3) is 6.08 Å². The molecule has 2 aliphatic carbocycles. The van der Waals surface area contributed by atoms with Crippen LogP contribution in [-0.2, 0) is 21.5 Å². The third-order valence-corrected chi connectivity index (χ3v) is 7.15. The first kappa shape index (κ1) is 17.4. The Morgan fingerprint density at radius 3 is 2.23 bits per heavy atom. The number of hydrogen-bond donors (Lipinski definition) is 0. The van der Waals surface area contributed by atoms with Crippen molar-refractivity contribution in [3.63, 3.8) is 0 Å². The van der Waals surface area contributed by atoms with E-state index in [1.54, 1.807) is 0 Å². The standard InChI is InChI=1S/C27H21NO2/c29-25-24-23(20-12-5-2-6-13-20)22-16-15-19-11-7-8-14-21(19)27(22,24)26(30)28(25)17-18-9-3-1-4-10-18/h1-16,22-24H,17H2. The van der Waals surface area contributed by atoms with Gasteiger partial charge < -0.3 is 0 Å². The van der Waals surface area contributed by atoms with Crippen molar-refractivity contribution < 1.29 is 9.59 Å². The van der Waals surface area contributed by atoms with E-state index in [9.17, 15) is 9.59 Å². The number of fused-ring (bicyclic) bond motifs is 1. The lowest BCUT2D eigenvalue weighted by Gasteiger charge is -2.56. The maximum atomic E-state index is 13.9. The summed E-state index contributed by atoms with van der Waals surface area (Å²) in [4.78, 5) is 29.2. The van der Waals surface area contributed by atoms with Gasteiger partial charge in [-0.05, 0) is 22.3 Å². The number of amides is 2. The Hall–Kier alpha value is -3.46. The van der Waals surface area contributed by atoms with Crippen LogP contribution in [0.15, 0.2) is 91.0 Å². The van der Waals surface area contributed by atoms with Crippen LogP contribution in [0.5, 0.6) is 0 Å². The zero-order valence-electron chi connectivity index (χ0n) is 16.4. The number of nitrogens with zero attached hydrogens (tertiary/aromatic N) is 1. The molecule has 1 saturated heterocycles. The molecule has 1 heterocycles. The van der Waals surface area contributed by atoms with Crippen molar-refractivity contribution in [2.24, 2.45) is 11.8 Å². The van der Waals surface area contributed by atoms with Gasteiger partial charge in [-0.15, -0.1) is 0 Å². The first-order chi connectivity index (χ1) is 14.7. The molecule has 1 spiro atoms. The van der Waals surface area contributed by atoms with Crippen LogP contribution in [0.2, 0.25) is 0 Å². The average Bonchev–Trinajstić information content (AvgIpc) is 2.94. The molecule has 146 valence electrons. The zero-order valence-corrected chi connectivity index (χ0v) is 16.4. The van der Waals surface area contributed by atoms with Crippen molar-refractivity contribution in [2.75, 3.05) is 0 Å². The molecule has 3 heteroatoms. The molecule has 4 atom stereocenters. The molecule has 3 aliphatic rings. The van der Waals surface area contributed by atoms with Gasteiger partial charge >= 0.3 is 0 Å². The molecule has 0 aromatic heterocycles. The van der Waals surface area contributed by atoms with Gasteiger partial charge in [-0.25, -0.2) is 0 Å². The summed E-state index contributed by atoms with van der Waals surface area (Å²) < 4.78 is 0. The van der Waals surface area contributed by atoms with Crippen LogP contribution in [0.4, 0.5) is 0 Å². The fourth-order valence-corrected chi connectivity index (χ4v) is 5.93. The van der Waals surface area contributed by atoms with E-state index in [2.05, 4.69) is 24.3 Å². The van der Waals surface area contributed by atoms with Gasteiger partial charge in [-0.3, -0.25) is 14.5 Å². The highest BCUT2D eigenvalue weighted by Crippen LogP contribution is 2.68. The largest absolute Gasteiger partial charge is 0.277 e. The van der Waals surface area contributed by atoms with Crippen LogP contribution in [0, 0.1) is 11.8 Å². The Kier molecular flexibility index (Phi) is 3.64. The summed E-state index contributed by atoms with van der Waals surface area (Å²) in [5.74, 6) is -0.424. The average molecular weight is 391 g/mol. The fourth-order valence-electron chi connectivity index (χ4n) is 5.93. The maximum Gasteiger partial charge on any atom is 0.241 e. The highest BCUT2D eigenvalue weighted by Gasteiger charge is 2.75. The minimum atomic E-state index is -0.780. The van der Waals surface area contributed by atoms with Crippen molar-refractivity contribution in [3.8, 4) is 0 Å². The molecule has 2 amide bonds. The summed E-state index contributed by atoms with van der Waals surface area (Å²) in [5.41, 5.74) is 3.38. The van der Waals surface area contributed by atoms with Crippen LogP contribution in [0.3, 0.4) is 0 Å². The first-order valence-electron chi connectivity index (χ1n) is 10.5. The van der Waals surface area contributed by atoms with E-state index in [1.807, 2.05) is 72.8 Å². The van der Waals surface area contributed by atoms with Crippen LogP contribution in [-0.4, -0.2) is 16.7 Å². The van der Waals surface area contributed by atoms with Crippen molar-refractivity contribution in [3.05, 3.63) is 113 Å². The van der Waals surface area contributed by atoms with Crippen molar-refractivity contribution in [1.82, 2.24) is 4.90 Å². The Bertz CT molecular complexity index is 1180. The topological polar surface area (TPSA) is 37.4 Å². The number of benzene rings is 3. The van der Waals surface area contributed by atoms with Gasteiger partial charge in [0.25, 0.3) is 0 Å². The quantitative estimate of drug-likeness (QED) is 0.614. The molecule has 4 unspecified atom stereocenters. The highest BCUT2D eigenvalue weighted by molar-refractivity contribution is 6.14. The molecule has 1 aliphatic heterocycles. The van der Waals surface area contributed by atoms with E-state index in [1.165, 1.54) is 4.90 Å². The molecule has 0 bridgehead atoms. The molecule has 2 fully saturated rings. The third-order valence-electron chi connectivity index (χ3n) is 7.15. The minimum Gasteiger partial charge on any atom is -0.277 e. The van der Waals surface area contributed by atoms with E-state index >= 15 is 0 Å². The molecule has 3 aromatic rings. The number of hydrogen-bond acceptors (Lipinski definition) is 2. The van der Waals surface area contributed by atoms with E-state index < -0.39 is 5.41 Å². The minimum absolute atomic E-state index is 0.00276. The van der Waals surface area contributed by atoms with Crippen molar-refractivity contribution >= 4 is 17.9 Å². The number of allylic oxidation sites excluding steroid dienone is 1. The molecule has 6 rings (SSSR count). The predicted octanol–water partition coefficient (Wildman–Crippen LogP) is 4.55. The second kappa shape index (κ2) is 6.27. The Morgan fingerprint density at radius 2 is 1.47 bits per heavy atom. The number of carbonyl (C=O) groups excluding carboxylic acids is 2. The molecule has 0 radical (unpaired) electrons. The third kappa shape index (κ3) is 2.10. The maximum absolute atomic E-state index is 13.9. The molecule has 1 saturated carbocycles. The lowest BCUT2D eigenvalue weighted by Crippen LogP contribution is -2.61. The van der Waals surface area contributed by atoms with Gasteiger partial charge in [0.1, 0.15) is 0 Å². The molecular weight excluding hydrogens is 370 g/mol. The number of carbonyl (C=O) groups is 2. The SMILES string of the molecule is O=C1C2C(c3ccccc3)C3C=Cc4ccccc4C32C(=O)N1Cc1ccccc1. The fraction of sp³-hybridized carbons (Fsp3) is 0.185. The summed E-state index contributed by atoms with van der Waals surface area (Å²) >= 11 is 0. The lowest BCUT2D eigenvalue weighted by atomic mass is 9.42. The van der Waals surface area contributed by atoms with Crippen LogP contribution < -0.4 is 0 Å². The number of imide groups is 1. The van der Waals surface area contributed by atoms with E-state index in [-0.39, 0.29) is 29.6 Å². The number of likely N-dealkylation sites (tertiary alicyclic amines) is 1. The van der Waals surface area contributed by atoms with Gasteiger partial charge in [0, 0.05) is 11.8 Å². The number of rotatable bonds is 3. The summed E-state index contributed by atoms with van der Waals surface area (Å²) in [6.07, 6.45) is 4.28. The second-order valence-corrected chi connectivity index (χ2v) is 8.47. The van der Waals surface area contributed by atoms with Gasteiger partial charge in [0.05, 0.1) is 17.9 Å². The lowest BCUT2D eigenvalue weighted by molar-refractivity contribution is -0.140. The Balaban J connectivity index is 1.51. The molecular formula is C27H21NO2. The normalized spacial score (nSPS) is 28.5. The van der Waals surface area contributed by atoms with E-state index in [0.717, 1.165) is 22.3 Å². The van der Waals surface area contributed by atoms with Crippen molar-refractivity contribution in [1.29, 1.82) is 0 Å². The summed E-state index contributed by atoms with van der Waals surface area (Å²) in [5, 5.41) is 0. The summed E-state index contributed by atoms with van der Waals surface area (Å²) in [6.45, 7) is 0.330. The van der Waals surface area contributed by atoms with Gasteiger partial charge in [-0.1, -0.05) is 97.1 Å². The summed E-state index contributed by atoms with van der Waals surface area (Å²) in [6, 6.07) is 28.0. The molecule has 3 nitrogen and oxygen atoms in total. The van der Waals surface area contributed by atoms with Gasteiger partial charge in [0.2, 0.25) is 11.8 Å². The Labute approximate surface area is 175 Å². The van der Waals surface area contributed by atoms with Crippen LogP contribution in [0.1, 0.15) is 28.2 Å². The summed E-state index contributed by atoms with van der Waals surface area (Å²) in [7, 11) is 0. The molecule has 0 N–H and O–H groups in total. The van der Waals surface area contributed by atoms with Crippen molar-refractivity contribution in [2.45, 2.75) is 17.9 Å². The highest BCUT2D eigenvalue weighted by atomic mass is 16.2. The smallest absolute Gasteiger partial charge is 0.241 e. The van der Waals surface area contributed by atoms with Gasteiger partial charge in [0.15, 0.2) is 0 Å². The first-order valence-corrected chi connectivity index (χ1v) is 10.5. The molecule has 30 heavy (non-hydrogen) atoms. The molecule has 3 aromatic carbocycles. The Morgan fingerprint density at radius 1 is 0.800 bits per heavy atom. The second-order valence-electron chi connectivity index (χ2n) is 8.47. The van der Waals surface area contributed by atoms with E-state index in [0.29, 0.717) is 6.54 Å². The van der Waals surface area contributed by atoms with Gasteiger partial charge in [-0.2, -0.15) is 0 Å².